The van der Waals surface area contributed by atoms with E-state index in [9.17, 15) is 13.6 Å². The second kappa shape index (κ2) is 7.13. The lowest BCUT2D eigenvalue weighted by Gasteiger charge is -2.26. The molecular formula is C18H17F2NOS. The summed E-state index contributed by atoms with van der Waals surface area (Å²) in [7, 11) is 0. The molecule has 0 radical (unpaired) electrons. The minimum atomic E-state index is -0.507. The van der Waals surface area contributed by atoms with E-state index in [1.165, 1.54) is 5.56 Å². The molecule has 2 aromatic carbocycles. The highest BCUT2D eigenvalue weighted by Crippen LogP contribution is 2.30. The van der Waals surface area contributed by atoms with Crippen molar-refractivity contribution >= 4 is 17.7 Å². The second-order valence-corrected chi connectivity index (χ2v) is 6.59. The Morgan fingerprint density at radius 2 is 2.04 bits per heavy atom. The molecule has 0 fully saturated rings. The average Bonchev–Trinajstić information content (AvgIpc) is 2.56. The predicted octanol–water partition coefficient (Wildman–Crippen LogP) is 4.25. The van der Waals surface area contributed by atoms with Crippen molar-refractivity contribution in [2.45, 2.75) is 30.2 Å². The topological polar surface area (TPSA) is 29.1 Å². The van der Waals surface area contributed by atoms with E-state index in [-0.39, 0.29) is 22.6 Å². The first-order valence-corrected chi connectivity index (χ1v) is 8.57. The smallest absolute Gasteiger partial charge is 0.230 e. The van der Waals surface area contributed by atoms with Crippen LogP contribution < -0.4 is 5.32 Å². The van der Waals surface area contributed by atoms with E-state index in [2.05, 4.69) is 11.4 Å². The Bertz CT molecular complexity index is 720. The first kappa shape index (κ1) is 16.0. The van der Waals surface area contributed by atoms with Crippen LogP contribution in [0.4, 0.5) is 8.78 Å². The molecular weight excluding hydrogens is 316 g/mol. The van der Waals surface area contributed by atoms with Crippen molar-refractivity contribution in [3.8, 4) is 0 Å². The first-order valence-electron chi connectivity index (χ1n) is 7.58. The summed E-state index contributed by atoms with van der Waals surface area (Å²) < 4.78 is 26.7. The number of hydrogen-bond donors (Lipinski definition) is 1. The van der Waals surface area contributed by atoms with Crippen molar-refractivity contribution in [2.75, 3.05) is 5.75 Å². The van der Waals surface area contributed by atoms with Gasteiger partial charge in [-0.2, -0.15) is 0 Å². The van der Waals surface area contributed by atoms with Crippen molar-refractivity contribution in [2.24, 2.45) is 0 Å². The van der Waals surface area contributed by atoms with Crippen LogP contribution in [-0.4, -0.2) is 11.7 Å². The zero-order valence-electron chi connectivity index (χ0n) is 12.5. The minimum Gasteiger partial charge on any atom is -0.349 e. The van der Waals surface area contributed by atoms with E-state index < -0.39 is 11.6 Å². The second-order valence-electron chi connectivity index (χ2n) is 5.57. The molecule has 2 nitrogen and oxygen atoms in total. The zero-order chi connectivity index (χ0) is 16.2. The summed E-state index contributed by atoms with van der Waals surface area (Å²) in [5.74, 6) is -1.11. The van der Waals surface area contributed by atoms with Gasteiger partial charge in [0.2, 0.25) is 5.91 Å². The Balaban J connectivity index is 1.61. The van der Waals surface area contributed by atoms with E-state index in [4.69, 9.17) is 0 Å². The van der Waals surface area contributed by atoms with Gasteiger partial charge in [0.1, 0.15) is 11.6 Å². The number of benzene rings is 2. The van der Waals surface area contributed by atoms with Crippen LogP contribution in [0.2, 0.25) is 0 Å². The van der Waals surface area contributed by atoms with Gasteiger partial charge in [0.25, 0.3) is 0 Å². The van der Waals surface area contributed by atoms with Gasteiger partial charge < -0.3 is 5.32 Å². The van der Waals surface area contributed by atoms with Crippen LogP contribution in [0.25, 0.3) is 0 Å². The highest BCUT2D eigenvalue weighted by Gasteiger charge is 2.21. The SMILES string of the molecule is O=C(CSc1cc(F)ccc1F)N[C@H]1CCCc2ccccc21. The van der Waals surface area contributed by atoms with Gasteiger partial charge in [-0.25, -0.2) is 8.78 Å². The Labute approximate surface area is 138 Å². The van der Waals surface area contributed by atoms with Gasteiger partial charge in [0, 0.05) is 4.90 Å². The Kier molecular flexibility index (Phi) is 4.96. The number of hydrogen-bond acceptors (Lipinski definition) is 2. The van der Waals surface area contributed by atoms with Gasteiger partial charge in [-0.3, -0.25) is 4.79 Å². The van der Waals surface area contributed by atoms with Crippen LogP contribution in [0.1, 0.15) is 30.0 Å². The number of amides is 1. The fourth-order valence-corrected chi connectivity index (χ4v) is 3.64. The molecule has 3 rings (SSSR count). The van der Waals surface area contributed by atoms with Gasteiger partial charge in [-0.15, -0.1) is 11.8 Å². The number of nitrogens with one attached hydrogen (secondary N) is 1. The monoisotopic (exact) mass is 333 g/mol. The number of halogens is 2. The third-order valence-corrected chi connectivity index (χ3v) is 4.99. The number of carbonyl (C=O) groups excluding carboxylic acids is 1. The molecule has 0 saturated heterocycles. The maximum atomic E-state index is 13.6. The molecule has 5 heteroatoms. The normalized spacial score (nSPS) is 16.7. The number of thioether (sulfide) groups is 1. The Hall–Kier alpha value is -1.88. The molecule has 0 aromatic heterocycles. The lowest BCUT2D eigenvalue weighted by molar-refractivity contribution is -0.119. The molecule has 23 heavy (non-hydrogen) atoms. The van der Waals surface area contributed by atoms with Crippen LogP contribution in [-0.2, 0) is 11.2 Å². The lowest BCUT2D eigenvalue weighted by atomic mass is 9.88. The molecule has 1 amide bonds. The fourth-order valence-electron chi connectivity index (χ4n) is 2.87. The standard InChI is InChI=1S/C18H17F2NOS/c19-13-8-9-15(20)17(10-13)23-11-18(22)21-16-7-3-5-12-4-1-2-6-14(12)16/h1-2,4,6,8-10,16H,3,5,7,11H2,(H,21,22)/t16-/m0/s1. The molecule has 0 unspecified atom stereocenters. The minimum absolute atomic E-state index is 0.00501. The number of rotatable bonds is 4. The molecule has 1 N–H and O–H groups in total. The van der Waals surface area contributed by atoms with Crippen molar-refractivity contribution in [3.05, 3.63) is 65.2 Å². The quantitative estimate of drug-likeness (QED) is 0.848. The van der Waals surface area contributed by atoms with Crippen LogP contribution in [0.3, 0.4) is 0 Å². The maximum Gasteiger partial charge on any atom is 0.230 e. The van der Waals surface area contributed by atoms with Crippen LogP contribution >= 0.6 is 11.8 Å². The van der Waals surface area contributed by atoms with Gasteiger partial charge in [-0.05, 0) is 48.6 Å². The Morgan fingerprint density at radius 3 is 2.91 bits per heavy atom. The van der Waals surface area contributed by atoms with Crippen molar-refractivity contribution in [3.63, 3.8) is 0 Å². The molecule has 0 bridgehead atoms. The highest BCUT2D eigenvalue weighted by atomic mass is 32.2. The summed E-state index contributed by atoms with van der Waals surface area (Å²) in [6, 6.07) is 11.4. The fraction of sp³-hybridized carbons (Fsp3) is 0.278. The summed E-state index contributed by atoms with van der Waals surface area (Å²) in [6.45, 7) is 0. The Morgan fingerprint density at radius 1 is 1.22 bits per heavy atom. The third-order valence-electron chi connectivity index (χ3n) is 3.96. The van der Waals surface area contributed by atoms with E-state index in [0.29, 0.717) is 0 Å². The summed E-state index contributed by atoms with van der Waals surface area (Å²) in [5, 5.41) is 3.00. The van der Waals surface area contributed by atoms with Gasteiger partial charge >= 0.3 is 0 Å². The van der Waals surface area contributed by atoms with Gasteiger partial charge in [0.05, 0.1) is 11.8 Å². The predicted molar refractivity (Wildman–Crippen MR) is 87.3 cm³/mol. The number of carbonyl (C=O) groups is 1. The van der Waals surface area contributed by atoms with E-state index in [1.54, 1.807) is 0 Å². The van der Waals surface area contributed by atoms with Gasteiger partial charge in [-0.1, -0.05) is 24.3 Å². The summed E-state index contributed by atoms with van der Waals surface area (Å²) in [6.07, 6.45) is 2.97. The third kappa shape index (κ3) is 3.91. The van der Waals surface area contributed by atoms with Crippen LogP contribution in [0, 0.1) is 11.6 Å². The zero-order valence-corrected chi connectivity index (χ0v) is 13.3. The van der Waals surface area contributed by atoms with Crippen molar-refractivity contribution in [1.29, 1.82) is 0 Å². The number of aryl methyl sites for hydroxylation is 1. The molecule has 0 spiro atoms. The molecule has 120 valence electrons. The van der Waals surface area contributed by atoms with Gasteiger partial charge in [0.15, 0.2) is 0 Å². The summed E-state index contributed by atoms with van der Waals surface area (Å²) in [4.78, 5) is 12.3. The number of fused-ring (bicyclic) bond motifs is 1. The lowest BCUT2D eigenvalue weighted by Crippen LogP contribution is -2.32. The average molecular weight is 333 g/mol. The van der Waals surface area contributed by atoms with E-state index in [0.717, 1.165) is 54.8 Å². The highest BCUT2D eigenvalue weighted by molar-refractivity contribution is 8.00. The van der Waals surface area contributed by atoms with E-state index >= 15 is 0 Å². The largest absolute Gasteiger partial charge is 0.349 e. The van der Waals surface area contributed by atoms with Crippen molar-refractivity contribution in [1.82, 2.24) is 5.32 Å². The van der Waals surface area contributed by atoms with Crippen LogP contribution in [0.5, 0.6) is 0 Å². The summed E-state index contributed by atoms with van der Waals surface area (Å²) >= 11 is 1.01. The molecule has 0 heterocycles. The first-order chi connectivity index (χ1) is 11.1. The molecule has 0 saturated carbocycles. The maximum absolute atomic E-state index is 13.6. The summed E-state index contributed by atoms with van der Waals surface area (Å²) in [5.41, 5.74) is 2.43. The van der Waals surface area contributed by atoms with E-state index in [1.807, 2.05) is 18.2 Å². The molecule has 1 aliphatic carbocycles. The molecule has 0 aliphatic heterocycles. The molecule has 1 atom stereocenters. The van der Waals surface area contributed by atoms with Crippen LogP contribution in [0.15, 0.2) is 47.4 Å². The molecule has 2 aromatic rings. The van der Waals surface area contributed by atoms with Crippen molar-refractivity contribution < 1.29 is 13.6 Å². The molecule has 1 aliphatic rings.